The van der Waals surface area contributed by atoms with Gasteiger partial charge in [0.1, 0.15) is 6.61 Å². The SMILES string of the molecule is COCCOCC(=O)N1CCCCC1CC(=O)O. The molecule has 0 saturated carbocycles. The van der Waals surface area contributed by atoms with E-state index in [0.29, 0.717) is 19.8 Å². The molecule has 1 atom stereocenters. The molecule has 1 heterocycles. The van der Waals surface area contributed by atoms with Gasteiger partial charge in [-0.3, -0.25) is 9.59 Å². The van der Waals surface area contributed by atoms with Gasteiger partial charge < -0.3 is 19.5 Å². The number of carbonyl (C=O) groups is 2. The zero-order valence-electron chi connectivity index (χ0n) is 10.8. The number of nitrogens with zero attached hydrogens (tertiary/aromatic N) is 1. The number of carboxylic acids is 1. The second-order valence-electron chi connectivity index (χ2n) is 4.38. The number of piperidine rings is 1. The van der Waals surface area contributed by atoms with Crippen molar-refractivity contribution in [3.05, 3.63) is 0 Å². The van der Waals surface area contributed by atoms with Crippen LogP contribution in [0.5, 0.6) is 0 Å². The fraction of sp³-hybridized carbons (Fsp3) is 0.833. The molecule has 6 nitrogen and oxygen atoms in total. The molecule has 1 aliphatic heterocycles. The molecule has 0 aromatic heterocycles. The van der Waals surface area contributed by atoms with E-state index in [9.17, 15) is 9.59 Å². The fourth-order valence-electron chi connectivity index (χ4n) is 2.13. The molecule has 0 aromatic carbocycles. The van der Waals surface area contributed by atoms with Gasteiger partial charge in [-0.05, 0) is 19.3 Å². The van der Waals surface area contributed by atoms with Crippen LogP contribution in [0.15, 0.2) is 0 Å². The average Bonchev–Trinajstić information content (AvgIpc) is 2.34. The van der Waals surface area contributed by atoms with Crippen molar-refractivity contribution in [2.45, 2.75) is 31.7 Å². The van der Waals surface area contributed by atoms with Crippen LogP contribution in [-0.2, 0) is 19.1 Å². The summed E-state index contributed by atoms with van der Waals surface area (Å²) >= 11 is 0. The van der Waals surface area contributed by atoms with E-state index in [1.54, 1.807) is 12.0 Å². The minimum Gasteiger partial charge on any atom is -0.481 e. The number of methoxy groups -OCH3 is 1. The highest BCUT2D eigenvalue weighted by molar-refractivity contribution is 5.78. The number of rotatable bonds is 7. The van der Waals surface area contributed by atoms with Crippen LogP contribution in [0.4, 0.5) is 0 Å². The van der Waals surface area contributed by atoms with Crippen molar-refractivity contribution in [1.29, 1.82) is 0 Å². The normalized spacial score (nSPS) is 19.8. The summed E-state index contributed by atoms with van der Waals surface area (Å²) < 4.78 is 9.99. The lowest BCUT2D eigenvalue weighted by Gasteiger charge is -2.34. The van der Waals surface area contributed by atoms with E-state index in [1.165, 1.54) is 0 Å². The van der Waals surface area contributed by atoms with Crippen LogP contribution >= 0.6 is 0 Å². The van der Waals surface area contributed by atoms with Gasteiger partial charge in [0, 0.05) is 19.7 Å². The lowest BCUT2D eigenvalue weighted by molar-refractivity contribution is -0.144. The van der Waals surface area contributed by atoms with Gasteiger partial charge in [0.05, 0.1) is 19.6 Å². The summed E-state index contributed by atoms with van der Waals surface area (Å²) in [7, 11) is 1.57. The highest BCUT2D eigenvalue weighted by Gasteiger charge is 2.28. The Morgan fingerprint density at radius 1 is 1.33 bits per heavy atom. The van der Waals surface area contributed by atoms with Gasteiger partial charge in [-0.2, -0.15) is 0 Å². The number of likely N-dealkylation sites (tertiary alicyclic amines) is 1. The summed E-state index contributed by atoms with van der Waals surface area (Å²) in [6, 6.07) is -0.185. The number of aliphatic carboxylic acids is 1. The van der Waals surface area contributed by atoms with Gasteiger partial charge in [0.2, 0.25) is 5.91 Å². The second-order valence-corrected chi connectivity index (χ2v) is 4.38. The van der Waals surface area contributed by atoms with Crippen molar-refractivity contribution in [1.82, 2.24) is 4.90 Å². The Kier molecular flexibility index (Phi) is 6.67. The molecule has 1 N–H and O–H groups in total. The summed E-state index contributed by atoms with van der Waals surface area (Å²) in [6.45, 7) is 1.45. The van der Waals surface area contributed by atoms with E-state index < -0.39 is 5.97 Å². The predicted octanol–water partition coefficient (Wildman–Crippen LogP) is 0.505. The molecule has 104 valence electrons. The van der Waals surface area contributed by atoms with Crippen molar-refractivity contribution in [3.63, 3.8) is 0 Å². The quantitative estimate of drug-likeness (QED) is 0.674. The molecular weight excluding hydrogens is 238 g/mol. The number of ether oxygens (including phenoxy) is 2. The van der Waals surface area contributed by atoms with E-state index in [4.69, 9.17) is 14.6 Å². The molecule has 1 amide bonds. The first-order chi connectivity index (χ1) is 8.65. The third kappa shape index (κ3) is 5.01. The first-order valence-electron chi connectivity index (χ1n) is 6.23. The van der Waals surface area contributed by atoms with Crippen molar-refractivity contribution >= 4 is 11.9 Å². The predicted molar refractivity (Wildman–Crippen MR) is 64.3 cm³/mol. The average molecular weight is 259 g/mol. The fourth-order valence-corrected chi connectivity index (χ4v) is 2.13. The molecular formula is C12H21NO5. The Labute approximate surface area is 107 Å². The van der Waals surface area contributed by atoms with Crippen LogP contribution in [0.1, 0.15) is 25.7 Å². The van der Waals surface area contributed by atoms with Gasteiger partial charge in [0.25, 0.3) is 0 Å². The van der Waals surface area contributed by atoms with Gasteiger partial charge in [0.15, 0.2) is 0 Å². The van der Waals surface area contributed by atoms with E-state index in [0.717, 1.165) is 19.3 Å². The molecule has 1 aliphatic rings. The summed E-state index contributed by atoms with van der Waals surface area (Å²) in [5.74, 6) is -0.989. The minimum atomic E-state index is -0.861. The number of hydrogen-bond acceptors (Lipinski definition) is 4. The Hall–Kier alpha value is -1.14. The van der Waals surface area contributed by atoms with E-state index in [2.05, 4.69) is 0 Å². The molecule has 1 saturated heterocycles. The van der Waals surface area contributed by atoms with E-state index in [-0.39, 0.29) is 25.0 Å². The number of carboxylic acid groups (broad SMARTS) is 1. The van der Waals surface area contributed by atoms with Gasteiger partial charge >= 0.3 is 5.97 Å². The van der Waals surface area contributed by atoms with Crippen molar-refractivity contribution in [3.8, 4) is 0 Å². The zero-order chi connectivity index (χ0) is 13.4. The molecule has 0 aliphatic carbocycles. The van der Waals surface area contributed by atoms with E-state index >= 15 is 0 Å². The zero-order valence-corrected chi connectivity index (χ0v) is 10.8. The lowest BCUT2D eigenvalue weighted by atomic mass is 9.99. The Morgan fingerprint density at radius 2 is 2.11 bits per heavy atom. The first-order valence-corrected chi connectivity index (χ1v) is 6.23. The standard InChI is InChI=1S/C12H21NO5/c1-17-6-7-18-9-11(14)13-5-3-2-4-10(13)8-12(15)16/h10H,2-9H2,1H3,(H,15,16). The summed E-state index contributed by atoms with van der Waals surface area (Å²) in [4.78, 5) is 24.3. The maximum Gasteiger partial charge on any atom is 0.305 e. The molecule has 0 spiro atoms. The Balaban J connectivity index is 2.39. The third-order valence-corrected chi connectivity index (χ3v) is 3.02. The van der Waals surface area contributed by atoms with Crippen LogP contribution in [0.3, 0.4) is 0 Å². The van der Waals surface area contributed by atoms with Crippen LogP contribution in [0.2, 0.25) is 0 Å². The largest absolute Gasteiger partial charge is 0.481 e. The van der Waals surface area contributed by atoms with Crippen LogP contribution in [0, 0.1) is 0 Å². The maximum atomic E-state index is 11.9. The Bertz CT molecular complexity index is 282. The summed E-state index contributed by atoms with van der Waals surface area (Å²) in [5.41, 5.74) is 0. The summed E-state index contributed by atoms with van der Waals surface area (Å²) in [6.07, 6.45) is 2.69. The number of hydrogen-bond donors (Lipinski definition) is 1. The van der Waals surface area contributed by atoms with Gasteiger partial charge in [-0.25, -0.2) is 0 Å². The number of amides is 1. The molecule has 1 unspecified atom stereocenters. The second kappa shape index (κ2) is 8.05. The minimum absolute atomic E-state index is 0.000517. The van der Waals surface area contributed by atoms with Crippen LogP contribution in [0.25, 0.3) is 0 Å². The molecule has 0 bridgehead atoms. The van der Waals surface area contributed by atoms with Gasteiger partial charge in [-0.1, -0.05) is 0 Å². The first kappa shape index (κ1) is 14.9. The van der Waals surface area contributed by atoms with Crippen LogP contribution in [-0.4, -0.2) is 61.4 Å². The molecule has 0 radical (unpaired) electrons. The Morgan fingerprint density at radius 3 is 2.78 bits per heavy atom. The third-order valence-electron chi connectivity index (χ3n) is 3.02. The molecule has 0 aromatic rings. The highest BCUT2D eigenvalue weighted by atomic mass is 16.5. The molecule has 1 fully saturated rings. The topological polar surface area (TPSA) is 76.1 Å². The molecule has 1 rings (SSSR count). The smallest absolute Gasteiger partial charge is 0.305 e. The van der Waals surface area contributed by atoms with Crippen LogP contribution < -0.4 is 0 Å². The number of carbonyl (C=O) groups excluding carboxylic acids is 1. The highest BCUT2D eigenvalue weighted by Crippen LogP contribution is 2.19. The molecule has 18 heavy (non-hydrogen) atoms. The summed E-state index contributed by atoms with van der Waals surface area (Å²) in [5, 5.41) is 8.83. The van der Waals surface area contributed by atoms with Crippen molar-refractivity contribution in [2.24, 2.45) is 0 Å². The molecule has 6 heteroatoms. The van der Waals surface area contributed by atoms with Crippen molar-refractivity contribution in [2.75, 3.05) is 33.5 Å². The van der Waals surface area contributed by atoms with Crippen molar-refractivity contribution < 1.29 is 24.2 Å². The van der Waals surface area contributed by atoms with Gasteiger partial charge in [-0.15, -0.1) is 0 Å². The lowest BCUT2D eigenvalue weighted by Crippen LogP contribution is -2.46. The monoisotopic (exact) mass is 259 g/mol. The maximum absolute atomic E-state index is 11.9. The van der Waals surface area contributed by atoms with E-state index in [1.807, 2.05) is 0 Å².